The molecule has 104 valence electrons. The van der Waals surface area contributed by atoms with Crippen LogP contribution in [-0.4, -0.2) is 41.1 Å². The maximum absolute atomic E-state index is 6.01. The molecule has 0 bridgehead atoms. The van der Waals surface area contributed by atoms with Crippen molar-refractivity contribution in [3.63, 3.8) is 0 Å². The molecule has 0 aromatic carbocycles. The van der Waals surface area contributed by atoms with Gasteiger partial charge in [-0.15, -0.1) is 0 Å². The van der Waals surface area contributed by atoms with Gasteiger partial charge in [0, 0.05) is 18.0 Å². The Balaban J connectivity index is 1.54. The molecule has 1 saturated carbocycles. The van der Waals surface area contributed by atoms with Gasteiger partial charge in [0.25, 0.3) is 0 Å². The highest BCUT2D eigenvalue weighted by Gasteiger charge is 2.27. The van der Waals surface area contributed by atoms with Crippen molar-refractivity contribution in [1.29, 1.82) is 0 Å². The van der Waals surface area contributed by atoms with E-state index in [2.05, 4.69) is 21.9 Å². The third-order valence-electron chi connectivity index (χ3n) is 4.00. The summed E-state index contributed by atoms with van der Waals surface area (Å²) in [5.41, 5.74) is 0. The molecule has 19 heavy (non-hydrogen) atoms. The summed E-state index contributed by atoms with van der Waals surface area (Å²) in [5, 5.41) is 0.491. The molecule has 4 nitrogen and oxygen atoms in total. The van der Waals surface area contributed by atoms with E-state index in [1.807, 2.05) is 0 Å². The zero-order valence-corrected chi connectivity index (χ0v) is 12.1. The van der Waals surface area contributed by atoms with Crippen molar-refractivity contribution in [2.75, 3.05) is 20.2 Å². The Morgan fingerprint density at radius 3 is 2.89 bits per heavy atom. The van der Waals surface area contributed by atoms with Gasteiger partial charge >= 0.3 is 0 Å². The Hall–Kier alpha value is -0.870. The Kier molecular flexibility index (Phi) is 3.89. The van der Waals surface area contributed by atoms with Crippen LogP contribution in [0.4, 0.5) is 0 Å². The van der Waals surface area contributed by atoms with E-state index in [4.69, 9.17) is 16.3 Å². The smallest absolute Gasteiger partial charge is 0.218 e. The van der Waals surface area contributed by atoms with E-state index < -0.39 is 0 Å². The number of rotatable bonds is 5. The van der Waals surface area contributed by atoms with Crippen LogP contribution >= 0.6 is 11.6 Å². The summed E-state index contributed by atoms with van der Waals surface area (Å²) in [6, 6.07) is 2.37. The Morgan fingerprint density at radius 1 is 1.37 bits per heavy atom. The minimum Gasteiger partial charge on any atom is -0.477 e. The first-order valence-corrected chi connectivity index (χ1v) is 7.47. The van der Waals surface area contributed by atoms with Crippen molar-refractivity contribution >= 4 is 11.6 Å². The second-order valence-corrected chi connectivity index (χ2v) is 5.96. The third-order valence-corrected chi connectivity index (χ3v) is 4.20. The zero-order chi connectivity index (χ0) is 13.2. The average molecular weight is 282 g/mol. The summed E-state index contributed by atoms with van der Waals surface area (Å²) in [7, 11) is 2.18. The van der Waals surface area contributed by atoms with Crippen LogP contribution in [0.1, 0.15) is 43.8 Å². The van der Waals surface area contributed by atoms with Gasteiger partial charge in [-0.25, -0.2) is 4.98 Å². The first-order chi connectivity index (χ1) is 9.22. The maximum Gasteiger partial charge on any atom is 0.218 e. The van der Waals surface area contributed by atoms with Crippen molar-refractivity contribution in [2.45, 2.75) is 44.1 Å². The van der Waals surface area contributed by atoms with Gasteiger partial charge in [0.05, 0.1) is 6.61 Å². The van der Waals surface area contributed by atoms with Gasteiger partial charge < -0.3 is 9.64 Å². The fourth-order valence-corrected chi connectivity index (χ4v) is 2.84. The van der Waals surface area contributed by atoms with E-state index in [0.717, 1.165) is 12.2 Å². The standard InChI is InChI=1S/C14H20ClN3O/c1-18-7-2-3-11(18)6-8-19-13-9-12(15)16-14(17-13)10-4-5-10/h9-11H,2-8H2,1H3. The molecule has 2 aliphatic rings. The van der Waals surface area contributed by atoms with E-state index in [-0.39, 0.29) is 0 Å². The molecule has 0 N–H and O–H groups in total. The predicted molar refractivity (Wildman–Crippen MR) is 74.8 cm³/mol. The van der Waals surface area contributed by atoms with Crippen LogP contribution in [0, 0.1) is 0 Å². The highest BCUT2D eigenvalue weighted by atomic mass is 35.5. The van der Waals surface area contributed by atoms with Crippen LogP contribution in [0.3, 0.4) is 0 Å². The summed E-state index contributed by atoms with van der Waals surface area (Å²) in [5.74, 6) is 1.98. The van der Waals surface area contributed by atoms with Gasteiger partial charge in [0.1, 0.15) is 11.0 Å². The second-order valence-electron chi connectivity index (χ2n) is 5.58. The molecule has 1 unspecified atom stereocenters. The quantitative estimate of drug-likeness (QED) is 0.778. The van der Waals surface area contributed by atoms with Gasteiger partial charge in [-0.3, -0.25) is 0 Å². The number of halogens is 1. The van der Waals surface area contributed by atoms with Crippen LogP contribution in [0.5, 0.6) is 5.88 Å². The van der Waals surface area contributed by atoms with E-state index >= 15 is 0 Å². The molecule has 5 heteroatoms. The first kappa shape index (κ1) is 13.1. The van der Waals surface area contributed by atoms with E-state index in [1.54, 1.807) is 6.07 Å². The lowest BCUT2D eigenvalue weighted by Gasteiger charge is -2.19. The summed E-state index contributed by atoms with van der Waals surface area (Å²) >= 11 is 6.01. The minimum absolute atomic E-state index is 0.491. The molecule has 1 aromatic heterocycles. The number of hydrogen-bond acceptors (Lipinski definition) is 4. The van der Waals surface area contributed by atoms with Crippen molar-refractivity contribution in [1.82, 2.24) is 14.9 Å². The molecule has 0 spiro atoms. The van der Waals surface area contributed by atoms with Gasteiger partial charge in [-0.05, 0) is 45.7 Å². The first-order valence-electron chi connectivity index (χ1n) is 7.10. The lowest BCUT2D eigenvalue weighted by molar-refractivity contribution is 0.228. The zero-order valence-electron chi connectivity index (χ0n) is 11.3. The number of aromatic nitrogens is 2. The second kappa shape index (κ2) is 5.63. The van der Waals surface area contributed by atoms with Crippen molar-refractivity contribution in [3.8, 4) is 5.88 Å². The Labute approximate surface area is 119 Å². The summed E-state index contributed by atoms with van der Waals surface area (Å²) < 4.78 is 5.75. The lowest BCUT2D eigenvalue weighted by Crippen LogP contribution is -2.26. The average Bonchev–Trinajstić information content (AvgIpc) is 3.14. The third kappa shape index (κ3) is 3.37. The molecular formula is C14H20ClN3O. The SMILES string of the molecule is CN1CCCC1CCOc1cc(Cl)nc(C2CC2)n1. The van der Waals surface area contributed by atoms with Crippen LogP contribution in [-0.2, 0) is 0 Å². The van der Waals surface area contributed by atoms with Crippen molar-refractivity contribution in [2.24, 2.45) is 0 Å². The van der Waals surface area contributed by atoms with Crippen molar-refractivity contribution < 1.29 is 4.74 Å². The highest BCUT2D eigenvalue weighted by molar-refractivity contribution is 6.29. The monoisotopic (exact) mass is 281 g/mol. The van der Waals surface area contributed by atoms with E-state index in [9.17, 15) is 0 Å². The predicted octanol–water partition coefficient (Wildman–Crippen LogP) is 2.87. The van der Waals surface area contributed by atoms with Gasteiger partial charge in [-0.1, -0.05) is 11.6 Å². The fourth-order valence-electron chi connectivity index (χ4n) is 2.66. The van der Waals surface area contributed by atoms with Gasteiger partial charge in [0.2, 0.25) is 5.88 Å². The maximum atomic E-state index is 6.01. The van der Waals surface area contributed by atoms with Gasteiger partial charge in [-0.2, -0.15) is 4.98 Å². The van der Waals surface area contributed by atoms with Crippen LogP contribution in [0.15, 0.2) is 6.07 Å². The number of likely N-dealkylation sites (tertiary alicyclic amines) is 1. The number of ether oxygens (including phenoxy) is 1. The Morgan fingerprint density at radius 2 is 2.21 bits per heavy atom. The number of nitrogens with zero attached hydrogens (tertiary/aromatic N) is 3. The topological polar surface area (TPSA) is 38.2 Å². The summed E-state index contributed by atoms with van der Waals surface area (Å²) in [6.45, 7) is 1.91. The molecule has 3 rings (SSSR count). The molecule has 0 radical (unpaired) electrons. The summed E-state index contributed by atoms with van der Waals surface area (Å²) in [4.78, 5) is 11.1. The molecule has 2 heterocycles. The molecule has 2 fully saturated rings. The summed E-state index contributed by atoms with van der Waals surface area (Å²) in [6.07, 6.45) is 5.97. The van der Waals surface area contributed by atoms with Crippen LogP contribution in [0.2, 0.25) is 5.15 Å². The number of hydrogen-bond donors (Lipinski definition) is 0. The van der Waals surface area contributed by atoms with Crippen LogP contribution in [0.25, 0.3) is 0 Å². The normalized spacial score (nSPS) is 23.8. The minimum atomic E-state index is 0.491. The molecule has 1 saturated heterocycles. The molecule has 1 aliphatic carbocycles. The fraction of sp³-hybridized carbons (Fsp3) is 0.714. The molecule has 0 amide bonds. The molecule has 1 aromatic rings. The Bertz CT molecular complexity index is 450. The van der Waals surface area contributed by atoms with Crippen molar-refractivity contribution in [3.05, 3.63) is 17.0 Å². The molecule has 1 atom stereocenters. The highest BCUT2D eigenvalue weighted by Crippen LogP contribution is 2.39. The van der Waals surface area contributed by atoms with E-state index in [1.165, 1.54) is 32.2 Å². The van der Waals surface area contributed by atoms with E-state index in [0.29, 0.717) is 29.6 Å². The lowest BCUT2D eigenvalue weighted by atomic mass is 10.1. The van der Waals surface area contributed by atoms with Gasteiger partial charge in [0.15, 0.2) is 0 Å². The largest absolute Gasteiger partial charge is 0.477 e. The molecule has 1 aliphatic heterocycles. The van der Waals surface area contributed by atoms with Crippen LogP contribution < -0.4 is 4.74 Å². The molecular weight excluding hydrogens is 262 g/mol.